The van der Waals surface area contributed by atoms with E-state index in [1.54, 1.807) is 0 Å². The van der Waals surface area contributed by atoms with Crippen LogP contribution in [-0.4, -0.2) is 41.7 Å². The van der Waals surface area contributed by atoms with E-state index in [9.17, 15) is 23.2 Å². The van der Waals surface area contributed by atoms with E-state index in [0.29, 0.717) is 13.0 Å². The SMILES string of the molecule is O=C(COC(=O)CCC(=O)N1CCC(c2ccccc2)=N1)Nc1cc(F)ccc1F. The minimum atomic E-state index is -0.823. The van der Waals surface area contributed by atoms with Gasteiger partial charge in [0.25, 0.3) is 5.91 Å². The second-order valence-corrected chi connectivity index (χ2v) is 6.51. The van der Waals surface area contributed by atoms with Crippen molar-refractivity contribution in [1.82, 2.24) is 5.01 Å². The summed E-state index contributed by atoms with van der Waals surface area (Å²) in [6.07, 6.45) is 0.273. The van der Waals surface area contributed by atoms with Crippen LogP contribution in [0.1, 0.15) is 24.8 Å². The van der Waals surface area contributed by atoms with Crippen LogP contribution in [0.15, 0.2) is 53.6 Å². The van der Waals surface area contributed by atoms with E-state index >= 15 is 0 Å². The fraction of sp³-hybridized carbons (Fsp3) is 0.238. The van der Waals surface area contributed by atoms with Crippen molar-refractivity contribution in [3.63, 3.8) is 0 Å². The van der Waals surface area contributed by atoms with Crippen LogP contribution in [0.5, 0.6) is 0 Å². The summed E-state index contributed by atoms with van der Waals surface area (Å²) in [5.74, 6) is -3.45. The number of carbonyl (C=O) groups excluding carboxylic acids is 3. The van der Waals surface area contributed by atoms with Crippen molar-refractivity contribution in [3.8, 4) is 0 Å². The molecule has 0 atom stereocenters. The smallest absolute Gasteiger partial charge is 0.306 e. The Morgan fingerprint density at radius 3 is 2.60 bits per heavy atom. The minimum absolute atomic E-state index is 0.120. The molecule has 2 aromatic rings. The van der Waals surface area contributed by atoms with Crippen LogP contribution in [-0.2, 0) is 19.1 Å². The number of benzene rings is 2. The molecule has 0 bridgehead atoms. The number of ether oxygens (including phenoxy) is 1. The Bertz CT molecular complexity index is 979. The third-order valence-corrected chi connectivity index (χ3v) is 4.31. The highest BCUT2D eigenvalue weighted by Crippen LogP contribution is 2.16. The summed E-state index contributed by atoms with van der Waals surface area (Å²) in [5, 5.41) is 7.72. The Balaban J connectivity index is 1.41. The predicted molar refractivity (Wildman–Crippen MR) is 104 cm³/mol. The lowest BCUT2D eigenvalue weighted by Gasteiger charge is -2.11. The molecule has 0 spiro atoms. The topological polar surface area (TPSA) is 88.1 Å². The van der Waals surface area contributed by atoms with Crippen molar-refractivity contribution < 1.29 is 27.9 Å². The molecule has 156 valence electrons. The molecule has 1 N–H and O–H groups in total. The summed E-state index contributed by atoms with van der Waals surface area (Å²) in [7, 11) is 0. The molecule has 3 rings (SSSR count). The molecule has 1 aliphatic heterocycles. The Kier molecular flexibility index (Phi) is 6.84. The maximum atomic E-state index is 13.5. The Hall–Kier alpha value is -3.62. The zero-order valence-corrected chi connectivity index (χ0v) is 15.9. The number of amides is 2. The van der Waals surface area contributed by atoms with E-state index in [1.807, 2.05) is 30.3 Å². The summed E-state index contributed by atoms with van der Waals surface area (Å²) in [6.45, 7) is -0.247. The monoisotopic (exact) mass is 415 g/mol. The highest BCUT2D eigenvalue weighted by atomic mass is 19.1. The third kappa shape index (κ3) is 5.69. The molecule has 30 heavy (non-hydrogen) atoms. The fourth-order valence-electron chi connectivity index (χ4n) is 2.81. The first-order valence-electron chi connectivity index (χ1n) is 9.26. The number of halogens is 2. The van der Waals surface area contributed by atoms with Gasteiger partial charge in [0.1, 0.15) is 11.6 Å². The molecule has 0 fully saturated rings. The van der Waals surface area contributed by atoms with E-state index in [4.69, 9.17) is 4.74 Å². The van der Waals surface area contributed by atoms with Gasteiger partial charge >= 0.3 is 5.97 Å². The van der Waals surface area contributed by atoms with Crippen LogP contribution >= 0.6 is 0 Å². The summed E-state index contributed by atoms with van der Waals surface area (Å²) in [5.41, 5.74) is 1.38. The van der Waals surface area contributed by atoms with Gasteiger partial charge in [0, 0.05) is 18.9 Å². The number of nitrogens with zero attached hydrogens (tertiary/aromatic N) is 2. The maximum absolute atomic E-state index is 13.5. The van der Waals surface area contributed by atoms with Gasteiger partial charge in [0.05, 0.1) is 24.4 Å². The first kappa shape index (κ1) is 21.1. The minimum Gasteiger partial charge on any atom is -0.456 e. The molecular formula is C21H19F2N3O4. The van der Waals surface area contributed by atoms with E-state index in [0.717, 1.165) is 29.5 Å². The normalized spacial score (nSPS) is 13.0. The van der Waals surface area contributed by atoms with Crippen molar-refractivity contribution in [2.45, 2.75) is 19.3 Å². The number of carbonyl (C=O) groups is 3. The van der Waals surface area contributed by atoms with Gasteiger partial charge in [-0.3, -0.25) is 14.4 Å². The van der Waals surface area contributed by atoms with Gasteiger partial charge in [0.15, 0.2) is 6.61 Å². The van der Waals surface area contributed by atoms with Gasteiger partial charge in [-0.25, -0.2) is 13.8 Å². The molecule has 0 radical (unpaired) electrons. The zero-order valence-electron chi connectivity index (χ0n) is 15.9. The molecule has 2 aromatic carbocycles. The summed E-state index contributed by atoms with van der Waals surface area (Å²) < 4.78 is 31.3. The lowest BCUT2D eigenvalue weighted by molar-refractivity contribution is -0.148. The molecule has 9 heteroatoms. The number of esters is 1. The average molecular weight is 415 g/mol. The number of anilines is 1. The molecule has 0 saturated heterocycles. The van der Waals surface area contributed by atoms with Crippen molar-refractivity contribution in [3.05, 3.63) is 65.7 Å². The van der Waals surface area contributed by atoms with Gasteiger partial charge in [-0.05, 0) is 17.7 Å². The Labute approximate surface area is 171 Å². The van der Waals surface area contributed by atoms with Crippen LogP contribution in [0.4, 0.5) is 14.5 Å². The maximum Gasteiger partial charge on any atom is 0.306 e. The number of rotatable bonds is 7. The van der Waals surface area contributed by atoms with Gasteiger partial charge in [-0.1, -0.05) is 30.3 Å². The van der Waals surface area contributed by atoms with Crippen molar-refractivity contribution in [2.24, 2.45) is 5.10 Å². The predicted octanol–water partition coefficient (Wildman–Crippen LogP) is 2.86. The van der Waals surface area contributed by atoms with Crippen LogP contribution in [0.25, 0.3) is 0 Å². The quantitative estimate of drug-likeness (QED) is 0.705. The third-order valence-electron chi connectivity index (χ3n) is 4.31. The van der Waals surface area contributed by atoms with Crippen LogP contribution in [0, 0.1) is 11.6 Å². The summed E-state index contributed by atoms with van der Waals surface area (Å²) >= 11 is 0. The first-order chi connectivity index (χ1) is 14.4. The van der Waals surface area contributed by atoms with E-state index in [1.165, 1.54) is 5.01 Å². The second kappa shape index (κ2) is 9.73. The van der Waals surface area contributed by atoms with E-state index < -0.39 is 30.1 Å². The fourth-order valence-corrected chi connectivity index (χ4v) is 2.81. The average Bonchev–Trinajstić information content (AvgIpc) is 3.24. The molecule has 0 aliphatic carbocycles. The van der Waals surface area contributed by atoms with Gasteiger partial charge in [0.2, 0.25) is 5.91 Å². The number of hydrogen-bond donors (Lipinski definition) is 1. The lowest BCUT2D eigenvalue weighted by atomic mass is 10.1. The largest absolute Gasteiger partial charge is 0.456 e. The van der Waals surface area contributed by atoms with Crippen LogP contribution in [0.3, 0.4) is 0 Å². The van der Waals surface area contributed by atoms with Crippen molar-refractivity contribution in [2.75, 3.05) is 18.5 Å². The van der Waals surface area contributed by atoms with Crippen LogP contribution < -0.4 is 5.32 Å². The van der Waals surface area contributed by atoms with Gasteiger partial charge in [-0.15, -0.1) is 0 Å². The zero-order chi connectivity index (χ0) is 21.5. The van der Waals surface area contributed by atoms with Crippen molar-refractivity contribution in [1.29, 1.82) is 0 Å². The van der Waals surface area contributed by atoms with Crippen LogP contribution in [0.2, 0.25) is 0 Å². The Morgan fingerprint density at radius 1 is 1.07 bits per heavy atom. The molecular weight excluding hydrogens is 396 g/mol. The first-order valence-corrected chi connectivity index (χ1v) is 9.26. The Morgan fingerprint density at radius 2 is 1.83 bits per heavy atom. The number of hydrazone groups is 1. The standard InChI is InChI=1S/C21H19F2N3O4/c22-15-6-7-16(23)18(12-15)24-19(27)13-30-21(29)9-8-20(28)26-11-10-17(25-26)14-4-2-1-3-5-14/h1-7,12H,8-11,13H2,(H,24,27). The van der Waals surface area contributed by atoms with E-state index in [-0.39, 0.29) is 24.4 Å². The molecule has 2 amide bonds. The number of nitrogens with one attached hydrogen (secondary N) is 1. The molecule has 1 heterocycles. The summed E-state index contributed by atoms with van der Waals surface area (Å²) in [4.78, 5) is 35.7. The van der Waals surface area contributed by atoms with E-state index in [2.05, 4.69) is 10.4 Å². The summed E-state index contributed by atoms with van der Waals surface area (Å²) in [6, 6.07) is 12.1. The highest BCUT2D eigenvalue weighted by molar-refractivity contribution is 6.02. The van der Waals surface area contributed by atoms with Crippen molar-refractivity contribution >= 4 is 29.2 Å². The second-order valence-electron chi connectivity index (χ2n) is 6.51. The number of hydrogen-bond acceptors (Lipinski definition) is 5. The molecule has 1 aliphatic rings. The molecule has 7 nitrogen and oxygen atoms in total. The van der Waals surface area contributed by atoms with Gasteiger partial charge in [-0.2, -0.15) is 5.10 Å². The lowest BCUT2D eigenvalue weighted by Crippen LogP contribution is -2.25. The molecule has 0 unspecified atom stereocenters. The van der Waals surface area contributed by atoms with Gasteiger partial charge < -0.3 is 10.1 Å². The highest BCUT2D eigenvalue weighted by Gasteiger charge is 2.22. The molecule has 0 saturated carbocycles. The molecule has 0 aromatic heterocycles.